The molecule has 3 unspecified atom stereocenters. The molecule has 4 heteroatoms. The van der Waals surface area contributed by atoms with Gasteiger partial charge in [-0.1, -0.05) is 20.8 Å². The third-order valence-electron chi connectivity index (χ3n) is 5.93. The van der Waals surface area contributed by atoms with Gasteiger partial charge in [0.25, 0.3) is 0 Å². The van der Waals surface area contributed by atoms with Crippen molar-refractivity contribution in [3.8, 4) is 0 Å². The van der Waals surface area contributed by atoms with Crippen molar-refractivity contribution in [3.05, 3.63) is 23.7 Å². The minimum atomic E-state index is -0.256. The van der Waals surface area contributed by atoms with Crippen molar-refractivity contribution in [2.24, 2.45) is 11.3 Å². The monoisotopic (exact) mass is 320 g/mol. The molecule has 1 aromatic heterocycles. The van der Waals surface area contributed by atoms with Crippen LogP contribution in [0.4, 0.5) is 0 Å². The molecule has 5 atom stereocenters. The number of nitrogens with one attached hydrogen (secondary N) is 1. The van der Waals surface area contributed by atoms with E-state index in [-0.39, 0.29) is 23.6 Å². The van der Waals surface area contributed by atoms with Gasteiger partial charge in [0.2, 0.25) is 0 Å². The Morgan fingerprint density at radius 2 is 2.09 bits per heavy atom. The van der Waals surface area contributed by atoms with E-state index >= 15 is 0 Å². The Morgan fingerprint density at radius 3 is 2.65 bits per heavy atom. The van der Waals surface area contributed by atoms with Crippen LogP contribution in [0.3, 0.4) is 0 Å². The molecule has 0 radical (unpaired) electrons. The van der Waals surface area contributed by atoms with Gasteiger partial charge in [0.1, 0.15) is 11.5 Å². The fourth-order valence-corrected chi connectivity index (χ4v) is 5.24. The smallest absolute Gasteiger partial charge is 0.120 e. The van der Waals surface area contributed by atoms with Crippen LogP contribution in [-0.2, 0) is 6.42 Å². The van der Waals surface area contributed by atoms with Gasteiger partial charge < -0.3 is 19.7 Å². The van der Waals surface area contributed by atoms with Gasteiger partial charge in [-0.3, -0.25) is 0 Å². The highest BCUT2D eigenvalue weighted by atomic mass is 16.3. The van der Waals surface area contributed by atoms with Crippen LogP contribution >= 0.6 is 0 Å². The summed E-state index contributed by atoms with van der Waals surface area (Å²) in [7, 11) is 2.21. The summed E-state index contributed by atoms with van der Waals surface area (Å²) in [6.45, 7) is 9.94. The number of aliphatic hydroxyl groups is 1. The SMILES string of the molecule is CCc1ccc(C(C)N[C@@H]2CC3(C[C@H]2O)CN(C)C3C(C)C)o1. The molecular formula is C19H32N2O2. The standard InChI is InChI=1S/C19H32N2O2/c1-6-14-7-8-17(23-14)13(4)20-15-9-19(10-16(15)22)11-21(5)18(19)12(2)3/h7-8,12-13,15-16,18,20,22H,6,9-11H2,1-5H3/t13?,15-,16-,18?,19?/m1/s1. The number of furan rings is 1. The Balaban J connectivity index is 1.65. The van der Waals surface area contributed by atoms with Crippen LogP contribution in [0.2, 0.25) is 0 Å². The fourth-order valence-electron chi connectivity index (χ4n) is 5.24. The van der Waals surface area contributed by atoms with Gasteiger partial charge in [-0.15, -0.1) is 0 Å². The van der Waals surface area contributed by atoms with E-state index in [1.165, 1.54) is 0 Å². The highest BCUT2D eigenvalue weighted by Gasteiger charge is 2.58. The number of hydrogen-bond donors (Lipinski definition) is 2. The van der Waals surface area contributed by atoms with Gasteiger partial charge in [0.15, 0.2) is 0 Å². The molecule has 0 aromatic carbocycles. The summed E-state index contributed by atoms with van der Waals surface area (Å²) in [5, 5.41) is 14.2. The molecule has 1 aliphatic carbocycles. The summed E-state index contributed by atoms with van der Waals surface area (Å²) in [4.78, 5) is 2.45. The van der Waals surface area contributed by atoms with E-state index < -0.39 is 0 Å². The number of hydrogen-bond acceptors (Lipinski definition) is 4. The zero-order valence-electron chi connectivity index (χ0n) is 15.2. The highest BCUT2D eigenvalue weighted by molar-refractivity contribution is 5.14. The Labute approximate surface area is 140 Å². The molecule has 1 saturated carbocycles. The number of likely N-dealkylation sites (tertiary alicyclic amines) is 1. The van der Waals surface area contributed by atoms with E-state index in [2.05, 4.69) is 57.1 Å². The first-order chi connectivity index (χ1) is 10.9. The van der Waals surface area contributed by atoms with Crippen LogP contribution in [-0.4, -0.2) is 41.8 Å². The van der Waals surface area contributed by atoms with E-state index in [4.69, 9.17) is 4.42 Å². The zero-order chi connectivity index (χ0) is 16.8. The summed E-state index contributed by atoms with van der Waals surface area (Å²) in [5.74, 6) is 2.63. The Bertz CT molecular complexity index is 536. The molecule has 23 heavy (non-hydrogen) atoms. The van der Waals surface area contributed by atoms with Crippen LogP contribution < -0.4 is 5.32 Å². The van der Waals surface area contributed by atoms with Gasteiger partial charge in [0.05, 0.1) is 12.1 Å². The Kier molecular flexibility index (Phi) is 4.60. The first kappa shape index (κ1) is 17.0. The van der Waals surface area contributed by atoms with E-state index in [0.29, 0.717) is 12.0 Å². The molecule has 2 fully saturated rings. The van der Waals surface area contributed by atoms with Crippen molar-refractivity contribution in [1.29, 1.82) is 0 Å². The van der Waals surface area contributed by atoms with Gasteiger partial charge in [0, 0.05) is 30.5 Å². The number of aryl methyl sites for hydroxylation is 1. The fraction of sp³-hybridized carbons (Fsp3) is 0.789. The Hall–Kier alpha value is -0.840. The first-order valence-corrected chi connectivity index (χ1v) is 9.09. The maximum Gasteiger partial charge on any atom is 0.120 e. The van der Waals surface area contributed by atoms with Crippen LogP contribution in [0.1, 0.15) is 58.1 Å². The maximum atomic E-state index is 10.6. The molecule has 130 valence electrons. The van der Waals surface area contributed by atoms with E-state index in [1.807, 2.05) is 0 Å². The van der Waals surface area contributed by atoms with Crippen LogP contribution in [0.25, 0.3) is 0 Å². The minimum Gasteiger partial charge on any atom is -0.464 e. The van der Waals surface area contributed by atoms with Crippen molar-refractivity contribution < 1.29 is 9.52 Å². The predicted octanol–water partition coefficient (Wildman–Crippen LogP) is 2.97. The van der Waals surface area contributed by atoms with Crippen molar-refractivity contribution in [2.75, 3.05) is 13.6 Å². The minimum absolute atomic E-state index is 0.139. The van der Waals surface area contributed by atoms with E-state index in [0.717, 1.165) is 37.3 Å². The highest BCUT2D eigenvalue weighted by Crippen LogP contribution is 2.52. The summed E-state index contributed by atoms with van der Waals surface area (Å²) < 4.78 is 5.86. The van der Waals surface area contributed by atoms with Crippen molar-refractivity contribution >= 4 is 0 Å². The maximum absolute atomic E-state index is 10.6. The lowest BCUT2D eigenvalue weighted by atomic mass is 9.66. The predicted molar refractivity (Wildman–Crippen MR) is 92.4 cm³/mol. The summed E-state index contributed by atoms with van der Waals surface area (Å²) in [5.41, 5.74) is 0.289. The normalized spacial score (nSPS) is 35.9. The quantitative estimate of drug-likeness (QED) is 0.876. The average molecular weight is 320 g/mol. The molecule has 1 saturated heterocycles. The largest absolute Gasteiger partial charge is 0.464 e. The lowest BCUT2D eigenvalue weighted by molar-refractivity contribution is -0.0828. The molecule has 2 heterocycles. The molecular weight excluding hydrogens is 288 g/mol. The van der Waals surface area contributed by atoms with Gasteiger partial charge in [-0.05, 0) is 44.9 Å². The molecule has 0 amide bonds. The summed E-state index contributed by atoms with van der Waals surface area (Å²) in [6.07, 6.45) is 2.65. The van der Waals surface area contributed by atoms with Gasteiger partial charge >= 0.3 is 0 Å². The zero-order valence-corrected chi connectivity index (χ0v) is 15.2. The molecule has 0 bridgehead atoms. The molecule has 1 aromatic rings. The lowest BCUT2D eigenvalue weighted by Gasteiger charge is -2.57. The van der Waals surface area contributed by atoms with Crippen molar-refractivity contribution in [3.63, 3.8) is 0 Å². The topological polar surface area (TPSA) is 48.6 Å². The summed E-state index contributed by atoms with van der Waals surface area (Å²) in [6, 6.07) is 5.00. The second-order valence-corrected chi connectivity index (χ2v) is 8.09. The average Bonchev–Trinajstić information content (AvgIpc) is 3.04. The van der Waals surface area contributed by atoms with Crippen LogP contribution in [0.15, 0.2) is 16.5 Å². The van der Waals surface area contributed by atoms with Gasteiger partial charge in [-0.2, -0.15) is 0 Å². The molecule has 3 rings (SSSR count). The second-order valence-electron chi connectivity index (χ2n) is 8.09. The molecule has 1 spiro atoms. The van der Waals surface area contributed by atoms with Crippen molar-refractivity contribution in [1.82, 2.24) is 10.2 Å². The van der Waals surface area contributed by atoms with E-state index in [1.54, 1.807) is 0 Å². The molecule has 4 nitrogen and oxygen atoms in total. The van der Waals surface area contributed by atoms with Crippen LogP contribution in [0, 0.1) is 11.3 Å². The van der Waals surface area contributed by atoms with Crippen molar-refractivity contribution in [2.45, 2.75) is 71.2 Å². The lowest BCUT2D eigenvalue weighted by Crippen LogP contribution is -2.64. The molecule has 2 aliphatic rings. The third kappa shape index (κ3) is 2.97. The second kappa shape index (κ2) is 6.23. The summed E-state index contributed by atoms with van der Waals surface area (Å²) >= 11 is 0. The van der Waals surface area contributed by atoms with Crippen LogP contribution in [0.5, 0.6) is 0 Å². The molecule has 1 aliphatic heterocycles. The Morgan fingerprint density at radius 1 is 1.35 bits per heavy atom. The first-order valence-electron chi connectivity index (χ1n) is 9.09. The van der Waals surface area contributed by atoms with Gasteiger partial charge in [-0.25, -0.2) is 0 Å². The molecule has 2 N–H and O–H groups in total. The number of nitrogens with zero attached hydrogens (tertiary/aromatic N) is 1. The third-order valence-corrected chi connectivity index (χ3v) is 5.93. The van der Waals surface area contributed by atoms with E-state index in [9.17, 15) is 5.11 Å². The number of aliphatic hydroxyl groups excluding tert-OH is 1. The number of rotatable bonds is 5.